The average molecular weight is 350 g/mol. The summed E-state index contributed by atoms with van der Waals surface area (Å²) in [6.45, 7) is 4.25. The summed E-state index contributed by atoms with van der Waals surface area (Å²) in [4.78, 5) is 45.8. The standard InChI is InChI=1S/C16H22N4O3S/c1-12-16(23)19(7-3-6-18-5-2-4-14(18)21)9-15(22)20(12)8-13-10-24-11-17-13/h10-12H,2-9H2,1H3/t12-/m0/s1. The molecule has 24 heavy (non-hydrogen) atoms. The van der Waals surface area contributed by atoms with E-state index in [0.717, 1.165) is 18.7 Å². The van der Waals surface area contributed by atoms with E-state index < -0.39 is 6.04 Å². The van der Waals surface area contributed by atoms with Crippen molar-refractivity contribution >= 4 is 29.1 Å². The number of amides is 3. The molecule has 0 N–H and O–H groups in total. The molecule has 0 saturated carbocycles. The molecule has 0 radical (unpaired) electrons. The van der Waals surface area contributed by atoms with Gasteiger partial charge in [0, 0.05) is 31.4 Å². The summed E-state index contributed by atoms with van der Waals surface area (Å²) in [6.07, 6.45) is 2.26. The van der Waals surface area contributed by atoms with Crippen LogP contribution in [0, 0.1) is 0 Å². The number of thiazole rings is 1. The van der Waals surface area contributed by atoms with Crippen LogP contribution in [0.4, 0.5) is 0 Å². The van der Waals surface area contributed by atoms with E-state index in [1.54, 1.807) is 22.2 Å². The Balaban J connectivity index is 1.52. The molecule has 0 bridgehead atoms. The monoisotopic (exact) mass is 350 g/mol. The molecule has 0 aliphatic carbocycles. The maximum atomic E-state index is 12.5. The Kier molecular flexibility index (Phi) is 5.13. The van der Waals surface area contributed by atoms with Gasteiger partial charge in [-0.2, -0.15) is 0 Å². The lowest BCUT2D eigenvalue weighted by atomic mass is 10.1. The van der Waals surface area contributed by atoms with E-state index in [1.165, 1.54) is 11.3 Å². The number of carbonyl (C=O) groups is 3. The molecule has 0 aromatic carbocycles. The van der Waals surface area contributed by atoms with Gasteiger partial charge in [-0.15, -0.1) is 11.3 Å². The molecule has 0 spiro atoms. The Morgan fingerprint density at radius 3 is 2.67 bits per heavy atom. The van der Waals surface area contributed by atoms with Crippen LogP contribution < -0.4 is 0 Å². The predicted octanol–water partition coefficient (Wildman–Crippen LogP) is 0.715. The lowest BCUT2D eigenvalue weighted by Crippen LogP contribution is -2.58. The van der Waals surface area contributed by atoms with Crippen molar-refractivity contribution in [1.29, 1.82) is 0 Å². The minimum absolute atomic E-state index is 0.0300. The van der Waals surface area contributed by atoms with Crippen molar-refractivity contribution in [3.05, 3.63) is 16.6 Å². The molecule has 1 aromatic heterocycles. The number of likely N-dealkylation sites (tertiary alicyclic amines) is 1. The van der Waals surface area contributed by atoms with Gasteiger partial charge in [0.25, 0.3) is 0 Å². The molecule has 1 atom stereocenters. The van der Waals surface area contributed by atoms with E-state index in [1.807, 2.05) is 10.3 Å². The van der Waals surface area contributed by atoms with Crippen molar-refractivity contribution in [3.8, 4) is 0 Å². The van der Waals surface area contributed by atoms with Crippen molar-refractivity contribution in [2.24, 2.45) is 0 Å². The Hall–Kier alpha value is -1.96. The van der Waals surface area contributed by atoms with Gasteiger partial charge in [-0.05, 0) is 19.8 Å². The van der Waals surface area contributed by atoms with Gasteiger partial charge in [-0.25, -0.2) is 4.98 Å². The first kappa shape index (κ1) is 16.9. The van der Waals surface area contributed by atoms with Gasteiger partial charge in [0.15, 0.2) is 0 Å². The van der Waals surface area contributed by atoms with Gasteiger partial charge in [0.2, 0.25) is 17.7 Å². The Bertz CT molecular complexity index is 619. The number of nitrogens with zero attached hydrogens (tertiary/aromatic N) is 4. The summed E-state index contributed by atoms with van der Waals surface area (Å²) < 4.78 is 0. The molecule has 3 rings (SSSR count). The van der Waals surface area contributed by atoms with Crippen LogP contribution in [0.25, 0.3) is 0 Å². The van der Waals surface area contributed by atoms with E-state index in [2.05, 4.69) is 4.98 Å². The van der Waals surface area contributed by atoms with Crippen molar-refractivity contribution in [2.75, 3.05) is 26.2 Å². The molecule has 130 valence electrons. The average Bonchev–Trinajstić information content (AvgIpc) is 3.21. The third-order valence-electron chi connectivity index (χ3n) is 4.63. The minimum Gasteiger partial charge on any atom is -0.343 e. The minimum atomic E-state index is -0.471. The van der Waals surface area contributed by atoms with Gasteiger partial charge < -0.3 is 14.7 Å². The fourth-order valence-electron chi connectivity index (χ4n) is 3.24. The van der Waals surface area contributed by atoms with Crippen LogP contribution in [-0.2, 0) is 20.9 Å². The first-order chi connectivity index (χ1) is 11.6. The fraction of sp³-hybridized carbons (Fsp3) is 0.625. The van der Waals surface area contributed by atoms with Crippen molar-refractivity contribution < 1.29 is 14.4 Å². The summed E-state index contributed by atoms with van der Waals surface area (Å²) in [5.74, 6) is 0.115. The van der Waals surface area contributed by atoms with Crippen LogP contribution in [0.1, 0.15) is 31.9 Å². The molecule has 8 heteroatoms. The Morgan fingerprint density at radius 2 is 2.00 bits per heavy atom. The third-order valence-corrected chi connectivity index (χ3v) is 5.26. The topological polar surface area (TPSA) is 73.8 Å². The fourth-order valence-corrected chi connectivity index (χ4v) is 3.79. The zero-order chi connectivity index (χ0) is 17.1. The molecule has 2 fully saturated rings. The zero-order valence-electron chi connectivity index (χ0n) is 13.8. The first-order valence-electron chi connectivity index (χ1n) is 8.29. The highest BCUT2D eigenvalue weighted by Gasteiger charge is 2.36. The molecule has 7 nitrogen and oxygen atoms in total. The maximum Gasteiger partial charge on any atom is 0.245 e. The van der Waals surface area contributed by atoms with E-state index in [0.29, 0.717) is 32.5 Å². The Labute approximate surface area is 145 Å². The van der Waals surface area contributed by atoms with Gasteiger partial charge in [-0.3, -0.25) is 14.4 Å². The number of hydrogen-bond donors (Lipinski definition) is 0. The van der Waals surface area contributed by atoms with Gasteiger partial charge in [-0.1, -0.05) is 0 Å². The van der Waals surface area contributed by atoms with Crippen LogP contribution in [-0.4, -0.2) is 69.6 Å². The second-order valence-corrected chi connectivity index (χ2v) is 6.99. The quantitative estimate of drug-likeness (QED) is 0.758. The molecule has 0 unspecified atom stereocenters. The van der Waals surface area contributed by atoms with Gasteiger partial charge in [0.1, 0.15) is 6.04 Å². The van der Waals surface area contributed by atoms with Crippen molar-refractivity contribution in [3.63, 3.8) is 0 Å². The zero-order valence-corrected chi connectivity index (χ0v) is 14.6. The van der Waals surface area contributed by atoms with Gasteiger partial charge in [0.05, 0.1) is 24.3 Å². The number of rotatable bonds is 6. The lowest BCUT2D eigenvalue weighted by molar-refractivity contribution is -0.155. The molecule has 2 aliphatic rings. The number of hydrogen-bond acceptors (Lipinski definition) is 5. The SMILES string of the molecule is C[C@H]1C(=O)N(CCCN2CCCC2=O)CC(=O)N1Cc1cscn1. The molecule has 2 saturated heterocycles. The lowest BCUT2D eigenvalue weighted by Gasteiger charge is -2.38. The number of aromatic nitrogens is 1. The molecule has 3 heterocycles. The van der Waals surface area contributed by atoms with E-state index in [-0.39, 0.29) is 24.3 Å². The highest BCUT2D eigenvalue weighted by molar-refractivity contribution is 7.07. The van der Waals surface area contributed by atoms with Crippen molar-refractivity contribution in [1.82, 2.24) is 19.7 Å². The normalized spacial score (nSPS) is 22.0. The summed E-state index contributed by atoms with van der Waals surface area (Å²) >= 11 is 1.48. The maximum absolute atomic E-state index is 12.5. The van der Waals surface area contributed by atoms with E-state index >= 15 is 0 Å². The van der Waals surface area contributed by atoms with E-state index in [9.17, 15) is 14.4 Å². The highest BCUT2D eigenvalue weighted by Crippen LogP contribution is 2.17. The molecular formula is C16H22N4O3S. The summed E-state index contributed by atoms with van der Waals surface area (Å²) in [5, 5.41) is 1.89. The van der Waals surface area contributed by atoms with Crippen LogP contribution >= 0.6 is 11.3 Å². The molecule has 1 aromatic rings. The number of carbonyl (C=O) groups excluding carboxylic acids is 3. The molecule has 3 amide bonds. The first-order valence-corrected chi connectivity index (χ1v) is 9.23. The molecular weight excluding hydrogens is 328 g/mol. The third kappa shape index (κ3) is 3.58. The van der Waals surface area contributed by atoms with Crippen LogP contribution in [0.15, 0.2) is 10.9 Å². The summed E-state index contributed by atoms with van der Waals surface area (Å²) in [5.41, 5.74) is 2.54. The molecule has 2 aliphatic heterocycles. The van der Waals surface area contributed by atoms with Crippen LogP contribution in [0.5, 0.6) is 0 Å². The highest BCUT2D eigenvalue weighted by atomic mass is 32.1. The second-order valence-electron chi connectivity index (χ2n) is 6.28. The summed E-state index contributed by atoms with van der Waals surface area (Å²) in [6, 6.07) is -0.471. The summed E-state index contributed by atoms with van der Waals surface area (Å²) in [7, 11) is 0. The largest absolute Gasteiger partial charge is 0.343 e. The van der Waals surface area contributed by atoms with Crippen LogP contribution in [0.3, 0.4) is 0 Å². The number of piperazine rings is 1. The second kappa shape index (κ2) is 7.29. The predicted molar refractivity (Wildman–Crippen MR) is 89.1 cm³/mol. The Morgan fingerprint density at radius 1 is 1.21 bits per heavy atom. The van der Waals surface area contributed by atoms with E-state index in [4.69, 9.17) is 0 Å². The van der Waals surface area contributed by atoms with Crippen molar-refractivity contribution in [2.45, 2.75) is 38.8 Å². The smallest absolute Gasteiger partial charge is 0.245 e. The van der Waals surface area contributed by atoms with Gasteiger partial charge >= 0.3 is 0 Å². The van der Waals surface area contributed by atoms with Crippen LogP contribution in [0.2, 0.25) is 0 Å².